The molecule has 6 heteroatoms. The Morgan fingerprint density at radius 2 is 1.79 bits per heavy atom. The van der Waals surface area contributed by atoms with Crippen LogP contribution in [0.4, 0.5) is 0 Å². The molecule has 1 aliphatic rings. The maximum absolute atomic E-state index is 12.1. The van der Waals surface area contributed by atoms with Crippen LogP contribution in [0.5, 0.6) is 0 Å². The fourth-order valence-corrected chi connectivity index (χ4v) is 2.87. The van der Waals surface area contributed by atoms with E-state index in [0.29, 0.717) is 13.0 Å². The third-order valence-corrected chi connectivity index (χ3v) is 4.09. The van der Waals surface area contributed by atoms with Crippen LogP contribution in [-0.4, -0.2) is 42.3 Å². The second kappa shape index (κ2) is 9.05. The molecule has 0 spiro atoms. The van der Waals surface area contributed by atoms with Crippen molar-refractivity contribution in [2.45, 2.75) is 38.6 Å². The van der Waals surface area contributed by atoms with Gasteiger partial charge in [-0.3, -0.25) is 14.4 Å². The van der Waals surface area contributed by atoms with Gasteiger partial charge < -0.3 is 15.5 Å². The Morgan fingerprint density at radius 3 is 2.42 bits per heavy atom. The van der Waals surface area contributed by atoms with Crippen LogP contribution in [0.15, 0.2) is 30.3 Å². The normalized spacial score (nSPS) is 15.0. The molecular formula is C18H25N3O3. The SMILES string of the molecule is CC(=O)NC(CC(=O)NCCC(=O)N1CCCC1)c1ccccc1. The highest BCUT2D eigenvalue weighted by Crippen LogP contribution is 2.16. The lowest BCUT2D eigenvalue weighted by molar-refractivity contribution is -0.130. The van der Waals surface area contributed by atoms with Gasteiger partial charge in [0.25, 0.3) is 0 Å². The third kappa shape index (κ3) is 5.68. The van der Waals surface area contributed by atoms with Crippen molar-refractivity contribution >= 4 is 17.7 Å². The zero-order valence-corrected chi connectivity index (χ0v) is 14.1. The molecule has 0 saturated carbocycles. The van der Waals surface area contributed by atoms with E-state index in [2.05, 4.69) is 10.6 Å². The number of rotatable bonds is 7. The van der Waals surface area contributed by atoms with Gasteiger partial charge in [-0.25, -0.2) is 0 Å². The second-order valence-corrected chi connectivity index (χ2v) is 6.06. The van der Waals surface area contributed by atoms with Crippen LogP contribution in [0.1, 0.15) is 44.2 Å². The highest BCUT2D eigenvalue weighted by molar-refractivity contribution is 5.80. The van der Waals surface area contributed by atoms with Gasteiger partial charge in [-0.1, -0.05) is 30.3 Å². The van der Waals surface area contributed by atoms with E-state index in [4.69, 9.17) is 0 Å². The average molecular weight is 331 g/mol. The van der Waals surface area contributed by atoms with Crippen molar-refractivity contribution in [3.8, 4) is 0 Å². The number of carbonyl (C=O) groups is 3. The number of nitrogens with one attached hydrogen (secondary N) is 2. The van der Waals surface area contributed by atoms with E-state index in [1.807, 2.05) is 35.2 Å². The van der Waals surface area contributed by atoms with Crippen molar-refractivity contribution in [3.63, 3.8) is 0 Å². The quantitative estimate of drug-likeness (QED) is 0.792. The Labute approximate surface area is 142 Å². The number of nitrogens with zero attached hydrogens (tertiary/aromatic N) is 1. The number of likely N-dealkylation sites (tertiary alicyclic amines) is 1. The molecule has 1 saturated heterocycles. The Morgan fingerprint density at radius 1 is 1.12 bits per heavy atom. The summed E-state index contributed by atoms with van der Waals surface area (Å²) in [7, 11) is 0. The minimum absolute atomic E-state index is 0.0919. The summed E-state index contributed by atoms with van der Waals surface area (Å²) in [6.45, 7) is 3.41. The molecule has 1 aliphatic heterocycles. The molecule has 1 aromatic carbocycles. The standard InChI is InChI=1S/C18H25N3O3/c1-14(22)20-16(15-7-3-2-4-8-15)13-17(23)19-10-9-18(24)21-11-5-6-12-21/h2-4,7-8,16H,5-6,9-13H2,1H3,(H,19,23)(H,20,22). The molecular weight excluding hydrogens is 306 g/mol. The maximum atomic E-state index is 12.1. The minimum atomic E-state index is -0.363. The number of amides is 3. The molecule has 1 fully saturated rings. The highest BCUT2D eigenvalue weighted by Gasteiger charge is 2.19. The topological polar surface area (TPSA) is 78.5 Å². The first kappa shape index (κ1) is 18.0. The van der Waals surface area contributed by atoms with Crippen molar-refractivity contribution in [3.05, 3.63) is 35.9 Å². The van der Waals surface area contributed by atoms with E-state index in [-0.39, 0.29) is 30.2 Å². The first-order valence-corrected chi connectivity index (χ1v) is 8.43. The number of carbonyl (C=O) groups excluding carboxylic acids is 3. The molecule has 24 heavy (non-hydrogen) atoms. The molecule has 3 amide bonds. The van der Waals surface area contributed by atoms with Crippen molar-refractivity contribution in [1.82, 2.24) is 15.5 Å². The van der Waals surface area contributed by atoms with Crippen LogP contribution in [0, 0.1) is 0 Å². The van der Waals surface area contributed by atoms with Gasteiger partial charge in [-0.15, -0.1) is 0 Å². The van der Waals surface area contributed by atoms with Crippen LogP contribution in [0.3, 0.4) is 0 Å². The van der Waals surface area contributed by atoms with Gasteiger partial charge in [0.2, 0.25) is 17.7 Å². The molecule has 1 heterocycles. The summed E-state index contributed by atoms with van der Waals surface area (Å²) in [4.78, 5) is 37.3. The summed E-state index contributed by atoms with van der Waals surface area (Å²) in [5.74, 6) is -0.262. The predicted octanol–water partition coefficient (Wildman–Crippen LogP) is 1.38. The molecule has 0 aliphatic carbocycles. The molecule has 0 bridgehead atoms. The summed E-state index contributed by atoms with van der Waals surface area (Å²) in [6, 6.07) is 9.03. The summed E-state index contributed by atoms with van der Waals surface area (Å²) >= 11 is 0. The number of benzene rings is 1. The van der Waals surface area contributed by atoms with E-state index in [1.54, 1.807) is 0 Å². The van der Waals surface area contributed by atoms with Gasteiger partial charge in [-0.2, -0.15) is 0 Å². The van der Waals surface area contributed by atoms with Gasteiger partial charge in [0.1, 0.15) is 0 Å². The molecule has 130 valence electrons. The predicted molar refractivity (Wildman–Crippen MR) is 91.1 cm³/mol. The average Bonchev–Trinajstić information content (AvgIpc) is 3.09. The highest BCUT2D eigenvalue weighted by atomic mass is 16.2. The number of hydrogen-bond acceptors (Lipinski definition) is 3. The van der Waals surface area contributed by atoms with Crippen LogP contribution < -0.4 is 10.6 Å². The Bertz CT molecular complexity index is 568. The fraction of sp³-hybridized carbons (Fsp3) is 0.500. The first-order chi connectivity index (χ1) is 11.6. The fourth-order valence-electron chi connectivity index (χ4n) is 2.87. The maximum Gasteiger partial charge on any atom is 0.224 e. The minimum Gasteiger partial charge on any atom is -0.356 e. The van der Waals surface area contributed by atoms with Crippen LogP contribution >= 0.6 is 0 Å². The molecule has 1 unspecified atom stereocenters. The van der Waals surface area contributed by atoms with E-state index < -0.39 is 0 Å². The summed E-state index contributed by atoms with van der Waals surface area (Å²) < 4.78 is 0. The van der Waals surface area contributed by atoms with Crippen molar-refractivity contribution in [1.29, 1.82) is 0 Å². The molecule has 0 radical (unpaired) electrons. The van der Waals surface area contributed by atoms with Crippen molar-refractivity contribution < 1.29 is 14.4 Å². The monoisotopic (exact) mass is 331 g/mol. The smallest absolute Gasteiger partial charge is 0.224 e. The largest absolute Gasteiger partial charge is 0.356 e. The van der Waals surface area contributed by atoms with Crippen LogP contribution in [0.2, 0.25) is 0 Å². The zero-order chi connectivity index (χ0) is 17.4. The molecule has 6 nitrogen and oxygen atoms in total. The van der Waals surface area contributed by atoms with E-state index >= 15 is 0 Å². The summed E-state index contributed by atoms with van der Waals surface area (Å²) in [5.41, 5.74) is 0.885. The van der Waals surface area contributed by atoms with Crippen LogP contribution in [-0.2, 0) is 14.4 Å². The Hall–Kier alpha value is -2.37. The summed E-state index contributed by atoms with van der Waals surface area (Å²) in [5, 5.41) is 5.57. The Balaban J connectivity index is 1.79. The zero-order valence-electron chi connectivity index (χ0n) is 14.1. The van der Waals surface area contributed by atoms with Gasteiger partial charge in [0, 0.05) is 33.0 Å². The molecule has 2 rings (SSSR count). The van der Waals surface area contributed by atoms with Gasteiger partial charge in [-0.05, 0) is 18.4 Å². The van der Waals surface area contributed by atoms with Crippen LogP contribution in [0.25, 0.3) is 0 Å². The molecule has 0 aromatic heterocycles. The lowest BCUT2D eigenvalue weighted by Gasteiger charge is -2.18. The molecule has 1 atom stereocenters. The van der Waals surface area contributed by atoms with Crippen molar-refractivity contribution in [2.24, 2.45) is 0 Å². The lowest BCUT2D eigenvalue weighted by Crippen LogP contribution is -2.35. The van der Waals surface area contributed by atoms with Gasteiger partial charge >= 0.3 is 0 Å². The second-order valence-electron chi connectivity index (χ2n) is 6.06. The third-order valence-electron chi connectivity index (χ3n) is 4.09. The lowest BCUT2D eigenvalue weighted by atomic mass is 10.0. The van der Waals surface area contributed by atoms with Gasteiger partial charge in [0.15, 0.2) is 0 Å². The van der Waals surface area contributed by atoms with Gasteiger partial charge in [0.05, 0.1) is 12.5 Å². The molecule has 2 N–H and O–H groups in total. The Kier molecular flexibility index (Phi) is 6.78. The number of hydrogen-bond donors (Lipinski definition) is 2. The summed E-state index contributed by atoms with van der Waals surface area (Å²) in [6.07, 6.45) is 2.60. The van der Waals surface area contributed by atoms with Crippen molar-refractivity contribution in [2.75, 3.05) is 19.6 Å². The van der Waals surface area contributed by atoms with E-state index in [0.717, 1.165) is 31.5 Å². The van der Waals surface area contributed by atoms with E-state index in [1.165, 1.54) is 6.92 Å². The molecule has 1 aromatic rings. The first-order valence-electron chi connectivity index (χ1n) is 8.43. The van der Waals surface area contributed by atoms with E-state index in [9.17, 15) is 14.4 Å².